The Morgan fingerprint density at radius 3 is 2.88 bits per heavy atom. The highest BCUT2D eigenvalue weighted by Gasteiger charge is 2.25. The summed E-state index contributed by atoms with van der Waals surface area (Å²) in [4.78, 5) is 16.9. The van der Waals surface area contributed by atoms with Gasteiger partial charge in [0.15, 0.2) is 5.96 Å². The van der Waals surface area contributed by atoms with Crippen LogP contribution in [-0.2, 0) is 17.8 Å². The van der Waals surface area contributed by atoms with Gasteiger partial charge < -0.3 is 25.4 Å². The van der Waals surface area contributed by atoms with Crippen molar-refractivity contribution in [3.8, 4) is 11.5 Å². The summed E-state index contributed by atoms with van der Waals surface area (Å²) in [5.41, 5.74) is 4.23. The van der Waals surface area contributed by atoms with Gasteiger partial charge in [0.05, 0.1) is 13.2 Å². The van der Waals surface area contributed by atoms with Crippen LogP contribution in [0.5, 0.6) is 11.5 Å². The van der Waals surface area contributed by atoms with E-state index in [1.54, 1.807) is 0 Å². The number of nitrogens with one attached hydrogen (secondary N) is 3. The van der Waals surface area contributed by atoms with Gasteiger partial charge in [-0.05, 0) is 44.5 Å². The summed E-state index contributed by atoms with van der Waals surface area (Å²) in [6.07, 6.45) is 1.55. The fraction of sp³-hybridized carbons (Fsp3) is 0.440. The Bertz CT molecular complexity index is 1000. The minimum absolute atomic E-state index is 0.0474. The van der Waals surface area contributed by atoms with Crippen molar-refractivity contribution in [2.75, 3.05) is 25.0 Å². The summed E-state index contributed by atoms with van der Waals surface area (Å²) in [5.74, 6) is 2.65. The number of fused-ring (bicyclic) bond motifs is 2. The Morgan fingerprint density at radius 2 is 2.06 bits per heavy atom. The number of ether oxygens (including phenoxy) is 2. The summed E-state index contributed by atoms with van der Waals surface area (Å²) in [6, 6.07) is 12.1. The Hall–Kier alpha value is -3.22. The van der Waals surface area contributed by atoms with Crippen LogP contribution in [0.2, 0.25) is 0 Å². The van der Waals surface area contributed by atoms with Crippen molar-refractivity contribution in [3.05, 3.63) is 53.1 Å². The van der Waals surface area contributed by atoms with Gasteiger partial charge >= 0.3 is 0 Å². The molecule has 1 amide bonds. The highest BCUT2D eigenvalue weighted by Crippen LogP contribution is 2.35. The Balaban J connectivity index is 1.49. The number of hydrogen-bond donors (Lipinski definition) is 3. The van der Waals surface area contributed by atoms with Crippen LogP contribution in [0.3, 0.4) is 0 Å². The SMILES string of the molecule is CCNC(=NCc1cc2c(cc1OCC)CC(C)O2)NCC1CC(=O)Nc2ccccc21. The van der Waals surface area contributed by atoms with Gasteiger partial charge in [0.2, 0.25) is 5.91 Å². The molecule has 4 rings (SSSR count). The molecular formula is C25H32N4O3. The van der Waals surface area contributed by atoms with Crippen LogP contribution in [-0.4, -0.2) is 37.7 Å². The molecule has 0 saturated heterocycles. The molecule has 2 atom stereocenters. The third-order valence-corrected chi connectivity index (χ3v) is 5.75. The highest BCUT2D eigenvalue weighted by molar-refractivity contribution is 5.94. The number of para-hydroxylation sites is 1. The molecular weight excluding hydrogens is 404 g/mol. The Labute approximate surface area is 189 Å². The molecule has 2 heterocycles. The number of guanidine groups is 1. The summed E-state index contributed by atoms with van der Waals surface area (Å²) in [7, 11) is 0. The molecule has 0 aliphatic carbocycles. The number of carbonyl (C=O) groups is 1. The number of benzene rings is 2. The molecule has 2 aliphatic heterocycles. The van der Waals surface area contributed by atoms with E-state index in [-0.39, 0.29) is 17.9 Å². The second-order valence-electron chi connectivity index (χ2n) is 8.25. The lowest BCUT2D eigenvalue weighted by Crippen LogP contribution is -2.40. The summed E-state index contributed by atoms with van der Waals surface area (Å²) in [5, 5.41) is 9.68. The molecule has 2 aromatic carbocycles. The predicted molar refractivity (Wildman–Crippen MR) is 127 cm³/mol. The van der Waals surface area contributed by atoms with Crippen LogP contribution in [0.4, 0.5) is 5.69 Å². The standard InChI is InChI=1S/C25H32N4O3/c1-4-26-25(27-14-18-13-24(30)29-21-9-7-6-8-20(18)21)28-15-19-12-23-17(10-16(3)32-23)11-22(19)31-5-2/h6-9,11-12,16,18H,4-5,10,13-15H2,1-3H3,(H,29,30)(H2,26,27,28). The maximum absolute atomic E-state index is 12.1. The van der Waals surface area contributed by atoms with Crippen LogP contribution < -0.4 is 25.4 Å². The summed E-state index contributed by atoms with van der Waals surface area (Å²) < 4.78 is 11.8. The molecule has 32 heavy (non-hydrogen) atoms. The van der Waals surface area contributed by atoms with E-state index in [0.29, 0.717) is 32.1 Å². The van der Waals surface area contributed by atoms with Crippen molar-refractivity contribution >= 4 is 17.6 Å². The first-order valence-electron chi connectivity index (χ1n) is 11.4. The maximum Gasteiger partial charge on any atom is 0.225 e. The second kappa shape index (κ2) is 9.94. The highest BCUT2D eigenvalue weighted by atomic mass is 16.5. The number of rotatable bonds is 7. The largest absolute Gasteiger partial charge is 0.494 e. The van der Waals surface area contributed by atoms with Crippen LogP contribution in [0, 0.1) is 0 Å². The van der Waals surface area contributed by atoms with Gasteiger partial charge in [-0.2, -0.15) is 0 Å². The summed E-state index contributed by atoms with van der Waals surface area (Å²) in [6.45, 7) is 8.55. The molecule has 2 aliphatic rings. The zero-order chi connectivity index (χ0) is 22.5. The van der Waals surface area contributed by atoms with E-state index in [4.69, 9.17) is 14.5 Å². The second-order valence-corrected chi connectivity index (χ2v) is 8.25. The monoisotopic (exact) mass is 436 g/mol. The smallest absolute Gasteiger partial charge is 0.225 e. The van der Waals surface area contributed by atoms with Crippen molar-refractivity contribution in [1.29, 1.82) is 0 Å². The van der Waals surface area contributed by atoms with E-state index in [1.165, 1.54) is 5.56 Å². The maximum atomic E-state index is 12.1. The fourth-order valence-corrected chi connectivity index (χ4v) is 4.30. The average Bonchev–Trinajstić information content (AvgIpc) is 3.14. The minimum atomic E-state index is 0.0474. The van der Waals surface area contributed by atoms with Crippen molar-refractivity contribution in [2.45, 2.75) is 52.2 Å². The minimum Gasteiger partial charge on any atom is -0.494 e. The molecule has 7 nitrogen and oxygen atoms in total. The first-order chi connectivity index (χ1) is 15.6. The molecule has 2 unspecified atom stereocenters. The van der Waals surface area contributed by atoms with Crippen molar-refractivity contribution in [2.24, 2.45) is 4.99 Å². The third-order valence-electron chi connectivity index (χ3n) is 5.75. The molecule has 170 valence electrons. The van der Waals surface area contributed by atoms with Gasteiger partial charge in [-0.1, -0.05) is 18.2 Å². The fourth-order valence-electron chi connectivity index (χ4n) is 4.30. The Kier molecular flexibility index (Phi) is 6.83. The van der Waals surface area contributed by atoms with Crippen LogP contribution in [0.15, 0.2) is 41.4 Å². The lowest BCUT2D eigenvalue weighted by molar-refractivity contribution is -0.116. The molecule has 0 spiro atoms. The number of hydrogen-bond acceptors (Lipinski definition) is 4. The number of carbonyl (C=O) groups excluding carboxylic acids is 1. The van der Waals surface area contributed by atoms with Gasteiger partial charge in [0.25, 0.3) is 0 Å². The van der Waals surface area contributed by atoms with Gasteiger partial charge in [-0.25, -0.2) is 4.99 Å². The van der Waals surface area contributed by atoms with E-state index in [1.807, 2.05) is 32.0 Å². The van der Waals surface area contributed by atoms with E-state index < -0.39 is 0 Å². The normalized spacial score (nSPS) is 19.5. The van der Waals surface area contributed by atoms with Gasteiger partial charge in [-0.3, -0.25) is 4.79 Å². The summed E-state index contributed by atoms with van der Waals surface area (Å²) >= 11 is 0. The third kappa shape index (κ3) is 4.98. The van der Waals surface area contributed by atoms with Gasteiger partial charge in [0, 0.05) is 48.7 Å². The van der Waals surface area contributed by atoms with Gasteiger partial charge in [-0.15, -0.1) is 0 Å². The first kappa shape index (κ1) is 22.0. The molecule has 0 aromatic heterocycles. The van der Waals surface area contributed by atoms with Crippen molar-refractivity contribution < 1.29 is 14.3 Å². The van der Waals surface area contributed by atoms with E-state index in [9.17, 15) is 4.79 Å². The molecule has 0 fully saturated rings. The first-order valence-corrected chi connectivity index (χ1v) is 11.4. The number of aliphatic imine (C=N–C) groups is 1. The zero-order valence-corrected chi connectivity index (χ0v) is 19.0. The van der Waals surface area contributed by atoms with Crippen molar-refractivity contribution in [1.82, 2.24) is 10.6 Å². The molecule has 2 aromatic rings. The van der Waals surface area contributed by atoms with E-state index in [0.717, 1.165) is 41.3 Å². The molecule has 0 bridgehead atoms. The van der Waals surface area contributed by atoms with Crippen LogP contribution in [0.25, 0.3) is 0 Å². The van der Waals surface area contributed by atoms with Crippen molar-refractivity contribution in [3.63, 3.8) is 0 Å². The number of amides is 1. The molecule has 3 N–H and O–H groups in total. The Morgan fingerprint density at radius 1 is 1.22 bits per heavy atom. The van der Waals surface area contributed by atoms with Crippen LogP contribution >= 0.6 is 0 Å². The lowest BCUT2D eigenvalue weighted by Gasteiger charge is -2.26. The quantitative estimate of drug-likeness (QED) is 0.456. The van der Waals surface area contributed by atoms with Gasteiger partial charge in [0.1, 0.15) is 17.6 Å². The molecule has 0 radical (unpaired) electrons. The average molecular weight is 437 g/mol. The van der Waals surface area contributed by atoms with E-state index >= 15 is 0 Å². The predicted octanol–water partition coefficient (Wildman–Crippen LogP) is 3.59. The lowest BCUT2D eigenvalue weighted by atomic mass is 9.90. The van der Waals surface area contributed by atoms with E-state index in [2.05, 4.69) is 41.1 Å². The molecule has 7 heteroatoms. The topological polar surface area (TPSA) is 84.0 Å². The zero-order valence-electron chi connectivity index (χ0n) is 19.0. The number of nitrogens with zero attached hydrogens (tertiary/aromatic N) is 1. The van der Waals surface area contributed by atoms with Crippen LogP contribution in [0.1, 0.15) is 49.8 Å². The number of anilines is 1. The molecule has 0 saturated carbocycles.